The van der Waals surface area contributed by atoms with Gasteiger partial charge in [-0.25, -0.2) is 0 Å². The number of allylic oxidation sites excluding steroid dienone is 1. The SMILES string of the molecule is C=CC=Nc1ccc(Cl)c(Nc2sn(C3CCNCC3)c(=O)c2C#N)c1C. The summed E-state index contributed by atoms with van der Waals surface area (Å²) in [7, 11) is 0. The lowest BCUT2D eigenvalue weighted by Gasteiger charge is -2.22. The third kappa shape index (κ3) is 3.98. The highest BCUT2D eigenvalue weighted by Gasteiger charge is 2.23. The van der Waals surface area contributed by atoms with Crippen molar-refractivity contribution >= 4 is 45.7 Å². The monoisotopic (exact) mass is 401 g/mol. The van der Waals surface area contributed by atoms with Crippen molar-refractivity contribution in [2.75, 3.05) is 18.4 Å². The lowest BCUT2D eigenvalue weighted by atomic mass is 10.1. The molecule has 0 radical (unpaired) electrons. The maximum absolute atomic E-state index is 12.7. The van der Waals surface area contributed by atoms with Crippen LogP contribution in [-0.4, -0.2) is 23.3 Å². The molecule has 1 aromatic heterocycles. The van der Waals surface area contributed by atoms with Gasteiger partial charge in [0.05, 0.1) is 22.4 Å². The molecule has 1 fully saturated rings. The zero-order chi connectivity index (χ0) is 19.4. The van der Waals surface area contributed by atoms with Crippen molar-refractivity contribution in [3.63, 3.8) is 0 Å². The second kappa shape index (κ2) is 8.53. The smallest absolute Gasteiger partial charge is 0.281 e. The number of halogens is 1. The van der Waals surface area contributed by atoms with Gasteiger partial charge in [0, 0.05) is 6.21 Å². The van der Waals surface area contributed by atoms with Gasteiger partial charge in [0.1, 0.15) is 11.1 Å². The fraction of sp³-hybridized carbons (Fsp3) is 0.316. The average Bonchev–Trinajstić information content (AvgIpc) is 3.00. The summed E-state index contributed by atoms with van der Waals surface area (Å²) in [5.74, 6) is 0. The summed E-state index contributed by atoms with van der Waals surface area (Å²) < 4.78 is 1.71. The molecule has 3 rings (SSSR count). The molecule has 0 amide bonds. The summed E-state index contributed by atoms with van der Waals surface area (Å²) in [6.07, 6.45) is 4.94. The van der Waals surface area contributed by atoms with Gasteiger partial charge in [-0.15, -0.1) is 0 Å². The second-order valence-electron chi connectivity index (χ2n) is 6.22. The van der Waals surface area contributed by atoms with Crippen molar-refractivity contribution in [2.24, 2.45) is 4.99 Å². The van der Waals surface area contributed by atoms with Crippen LogP contribution in [0.5, 0.6) is 0 Å². The molecule has 0 aliphatic carbocycles. The van der Waals surface area contributed by atoms with E-state index in [4.69, 9.17) is 11.6 Å². The predicted octanol–water partition coefficient (Wildman–Crippen LogP) is 4.30. The van der Waals surface area contributed by atoms with E-state index in [1.807, 2.05) is 19.1 Å². The third-order valence-corrected chi connectivity index (χ3v) is 5.99. The Morgan fingerprint density at radius 3 is 2.89 bits per heavy atom. The first-order valence-electron chi connectivity index (χ1n) is 8.64. The normalized spacial score (nSPS) is 15.0. The number of nitriles is 1. The average molecular weight is 402 g/mol. The van der Waals surface area contributed by atoms with Gasteiger partial charge in [-0.1, -0.05) is 24.3 Å². The summed E-state index contributed by atoms with van der Waals surface area (Å²) in [5.41, 5.74) is 2.09. The molecule has 6 nitrogen and oxygen atoms in total. The van der Waals surface area contributed by atoms with Crippen molar-refractivity contribution in [1.82, 2.24) is 9.27 Å². The van der Waals surface area contributed by atoms with Crippen LogP contribution < -0.4 is 16.2 Å². The van der Waals surface area contributed by atoms with Crippen LogP contribution in [0, 0.1) is 18.3 Å². The molecule has 1 aliphatic rings. The predicted molar refractivity (Wildman–Crippen MR) is 112 cm³/mol. The third-order valence-electron chi connectivity index (χ3n) is 4.53. The number of hydrogen-bond donors (Lipinski definition) is 2. The van der Waals surface area contributed by atoms with E-state index in [0.29, 0.717) is 15.7 Å². The molecular formula is C19H20ClN5OS. The molecule has 2 aromatic rings. The minimum absolute atomic E-state index is 0.117. The number of benzene rings is 1. The number of hydrogen-bond acceptors (Lipinski definition) is 6. The Kier molecular flexibility index (Phi) is 6.11. The van der Waals surface area contributed by atoms with Crippen molar-refractivity contribution in [3.05, 3.63) is 51.3 Å². The molecular weight excluding hydrogens is 382 g/mol. The lowest BCUT2D eigenvalue weighted by Crippen LogP contribution is -2.32. The van der Waals surface area contributed by atoms with Gasteiger partial charge in [0.15, 0.2) is 5.56 Å². The van der Waals surface area contributed by atoms with Crippen LogP contribution >= 0.6 is 23.1 Å². The van der Waals surface area contributed by atoms with Gasteiger partial charge >= 0.3 is 0 Å². The number of aromatic nitrogens is 1. The molecule has 2 heterocycles. The van der Waals surface area contributed by atoms with Crippen molar-refractivity contribution in [3.8, 4) is 6.07 Å². The highest BCUT2D eigenvalue weighted by molar-refractivity contribution is 7.11. The Morgan fingerprint density at radius 1 is 1.48 bits per heavy atom. The zero-order valence-corrected chi connectivity index (χ0v) is 16.5. The lowest BCUT2D eigenvalue weighted by molar-refractivity contribution is 0.380. The van der Waals surface area contributed by atoms with Crippen LogP contribution in [0.25, 0.3) is 0 Å². The Morgan fingerprint density at radius 2 is 2.22 bits per heavy atom. The van der Waals surface area contributed by atoms with Gasteiger partial charge in [0.2, 0.25) is 0 Å². The number of rotatable bonds is 5. The highest BCUT2D eigenvalue weighted by Crippen LogP contribution is 2.37. The van der Waals surface area contributed by atoms with Crippen LogP contribution in [0.15, 0.2) is 34.6 Å². The molecule has 27 heavy (non-hydrogen) atoms. The van der Waals surface area contributed by atoms with Crippen molar-refractivity contribution in [2.45, 2.75) is 25.8 Å². The fourth-order valence-electron chi connectivity index (χ4n) is 3.07. The minimum atomic E-state index is -0.244. The van der Waals surface area contributed by atoms with Gasteiger partial charge in [0.25, 0.3) is 5.56 Å². The fourth-order valence-corrected chi connectivity index (χ4v) is 4.42. The summed E-state index contributed by atoms with van der Waals surface area (Å²) in [6.45, 7) is 7.25. The van der Waals surface area contributed by atoms with Gasteiger partial charge < -0.3 is 10.6 Å². The van der Waals surface area contributed by atoms with Gasteiger partial charge in [-0.05, 0) is 62.1 Å². The molecule has 0 unspecified atom stereocenters. The molecule has 1 saturated heterocycles. The second-order valence-corrected chi connectivity index (χ2v) is 7.62. The van der Waals surface area contributed by atoms with E-state index in [9.17, 15) is 10.1 Å². The van der Waals surface area contributed by atoms with Crippen LogP contribution in [0.3, 0.4) is 0 Å². The van der Waals surface area contributed by atoms with E-state index in [1.165, 1.54) is 11.5 Å². The maximum atomic E-state index is 12.7. The van der Waals surface area contributed by atoms with Crippen molar-refractivity contribution in [1.29, 1.82) is 5.26 Å². The molecule has 140 valence electrons. The van der Waals surface area contributed by atoms with Crippen LogP contribution in [0.1, 0.15) is 30.0 Å². The molecule has 0 spiro atoms. The van der Waals surface area contributed by atoms with E-state index in [2.05, 4.69) is 22.2 Å². The number of piperidine rings is 1. The topological polar surface area (TPSA) is 82.2 Å². The van der Waals surface area contributed by atoms with E-state index < -0.39 is 0 Å². The summed E-state index contributed by atoms with van der Waals surface area (Å²) in [6, 6.07) is 5.72. The highest BCUT2D eigenvalue weighted by atomic mass is 35.5. The number of nitrogens with zero attached hydrogens (tertiary/aromatic N) is 3. The van der Waals surface area contributed by atoms with E-state index in [-0.39, 0.29) is 17.2 Å². The minimum Gasteiger partial charge on any atom is -0.343 e. The number of nitrogens with one attached hydrogen (secondary N) is 2. The summed E-state index contributed by atoms with van der Waals surface area (Å²) in [4.78, 5) is 17.0. The maximum Gasteiger partial charge on any atom is 0.281 e. The molecule has 1 aliphatic heterocycles. The van der Waals surface area contributed by atoms with Crippen LogP contribution in [0.4, 0.5) is 16.4 Å². The molecule has 8 heteroatoms. The van der Waals surface area contributed by atoms with E-state index in [1.54, 1.807) is 22.3 Å². The Hall–Kier alpha value is -2.40. The summed E-state index contributed by atoms with van der Waals surface area (Å²) in [5, 5.41) is 17.0. The Bertz CT molecular complexity index is 979. The zero-order valence-electron chi connectivity index (χ0n) is 15.0. The van der Waals surface area contributed by atoms with E-state index in [0.717, 1.165) is 37.2 Å². The molecule has 0 bridgehead atoms. The first-order chi connectivity index (χ1) is 13.1. The Labute approximate surface area is 167 Å². The van der Waals surface area contributed by atoms with Crippen LogP contribution in [0.2, 0.25) is 5.02 Å². The molecule has 0 atom stereocenters. The van der Waals surface area contributed by atoms with E-state index >= 15 is 0 Å². The van der Waals surface area contributed by atoms with Gasteiger partial charge in [-0.3, -0.25) is 13.7 Å². The molecule has 0 saturated carbocycles. The molecule has 2 N–H and O–H groups in total. The van der Waals surface area contributed by atoms with Gasteiger partial charge in [-0.2, -0.15) is 5.26 Å². The first-order valence-corrected chi connectivity index (χ1v) is 9.79. The van der Waals surface area contributed by atoms with Crippen LogP contribution in [-0.2, 0) is 0 Å². The largest absolute Gasteiger partial charge is 0.343 e. The molecule has 1 aromatic carbocycles. The number of anilines is 2. The first kappa shape index (κ1) is 19.4. The Balaban J connectivity index is 2.01. The summed E-state index contributed by atoms with van der Waals surface area (Å²) >= 11 is 7.65. The quantitative estimate of drug-likeness (QED) is 0.732. The standard InChI is InChI=1S/C19H20ClN5OS/c1-3-8-23-16-5-4-15(20)17(12(16)2)24-18-14(11-21)19(26)25(27-18)13-6-9-22-10-7-13/h3-5,8,13,22,24H,1,6-7,9-10H2,2H3. The number of aliphatic imine (C=N–C) groups is 1. The van der Waals surface area contributed by atoms with Crippen molar-refractivity contribution < 1.29 is 0 Å².